The van der Waals surface area contributed by atoms with Gasteiger partial charge in [0.05, 0.1) is 6.67 Å². The third-order valence-corrected chi connectivity index (χ3v) is 7.10. The van der Waals surface area contributed by atoms with Crippen molar-refractivity contribution in [2.45, 2.75) is 31.7 Å². The molecule has 1 amide bonds. The Morgan fingerprint density at radius 2 is 2.11 bits per heavy atom. The van der Waals surface area contributed by atoms with Crippen molar-refractivity contribution in [3.8, 4) is 0 Å². The van der Waals surface area contributed by atoms with Crippen molar-refractivity contribution in [3.05, 3.63) is 34.2 Å². The Bertz CT molecular complexity index is 898. The highest BCUT2D eigenvalue weighted by molar-refractivity contribution is 8.33. The van der Waals surface area contributed by atoms with Crippen LogP contribution in [0.4, 0.5) is 0 Å². The number of aromatic nitrogens is 1. The van der Waals surface area contributed by atoms with Crippen molar-refractivity contribution >= 4 is 39.4 Å². The van der Waals surface area contributed by atoms with Crippen molar-refractivity contribution < 1.29 is 4.79 Å². The molecule has 0 spiro atoms. The van der Waals surface area contributed by atoms with Crippen LogP contribution in [-0.4, -0.2) is 61.2 Å². The van der Waals surface area contributed by atoms with Gasteiger partial charge in [0.1, 0.15) is 0 Å². The molecule has 4 aliphatic heterocycles. The first kappa shape index (κ1) is 17.4. The summed E-state index contributed by atoms with van der Waals surface area (Å²) in [5, 5.41) is 4.88. The number of hydrazine groups is 1. The monoisotopic (exact) mass is 403 g/mol. The number of carbonyl (C=O) groups is 1. The summed E-state index contributed by atoms with van der Waals surface area (Å²) in [6.45, 7) is 4.16. The second kappa shape index (κ2) is 6.72. The van der Waals surface area contributed by atoms with Gasteiger partial charge in [-0.1, -0.05) is 18.3 Å². The summed E-state index contributed by atoms with van der Waals surface area (Å²) in [5.41, 5.74) is 1.27. The van der Waals surface area contributed by atoms with E-state index in [0.717, 1.165) is 54.2 Å². The molecule has 4 aliphatic rings. The fourth-order valence-corrected chi connectivity index (χ4v) is 5.90. The maximum Gasteiger partial charge on any atom is 0.250 e. The lowest BCUT2D eigenvalue weighted by Crippen LogP contribution is -2.53. The molecule has 1 aromatic heterocycles. The van der Waals surface area contributed by atoms with Gasteiger partial charge < -0.3 is 4.57 Å². The lowest BCUT2D eigenvalue weighted by atomic mass is 9.83. The fourth-order valence-electron chi connectivity index (χ4n) is 4.66. The largest absolute Gasteiger partial charge is 0.312 e. The minimum absolute atomic E-state index is 0.0563. The van der Waals surface area contributed by atoms with Gasteiger partial charge in [-0.15, -0.1) is 0 Å². The zero-order valence-electron chi connectivity index (χ0n) is 14.9. The highest BCUT2D eigenvalue weighted by Gasteiger charge is 2.39. The van der Waals surface area contributed by atoms with Crippen LogP contribution in [-0.2, 0) is 11.3 Å². The maximum absolute atomic E-state index is 12.2. The van der Waals surface area contributed by atoms with Crippen molar-refractivity contribution in [2.75, 3.05) is 26.3 Å². The number of hydrogen-bond acceptors (Lipinski definition) is 6. The van der Waals surface area contributed by atoms with E-state index in [-0.39, 0.29) is 11.5 Å². The van der Waals surface area contributed by atoms with Gasteiger partial charge in [0.25, 0.3) is 5.56 Å². The molecule has 0 aromatic carbocycles. The highest BCUT2D eigenvalue weighted by atomic mass is 32.2. The lowest BCUT2D eigenvalue weighted by Gasteiger charge is -2.44. The average Bonchev–Trinajstić information content (AvgIpc) is 2.80. The second-order valence-corrected chi connectivity index (χ2v) is 9.26. The van der Waals surface area contributed by atoms with Gasteiger partial charge >= 0.3 is 0 Å². The van der Waals surface area contributed by atoms with Crippen molar-refractivity contribution in [2.24, 2.45) is 10.9 Å². The smallest absolute Gasteiger partial charge is 0.250 e. The van der Waals surface area contributed by atoms with E-state index in [4.69, 9.17) is 12.2 Å². The molecule has 9 heteroatoms. The van der Waals surface area contributed by atoms with Gasteiger partial charge in [0, 0.05) is 50.3 Å². The Hall–Kier alpha value is -1.71. The zero-order valence-corrected chi connectivity index (χ0v) is 16.5. The van der Waals surface area contributed by atoms with Crippen LogP contribution in [0, 0.1) is 5.92 Å². The number of nitrogens with zero attached hydrogens (tertiary/aromatic N) is 5. The summed E-state index contributed by atoms with van der Waals surface area (Å²) in [6, 6.07) is 5.62. The Morgan fingerprint density at radius 3 is 3.00 bits per heavy atom. The molecule has 2 bridgehead atoms. The molecule has 0 aliphatic carbocycles. The quantitative estimate of drug-likeness (QED) is 0.693. The number of rotatable bonds is 2. The molecule has 2 fully saturated rings. The average molecular weight is 404 g/mol. The lowest BCUT2D eigenvalue weighted by molar-refractivity contribution is -0.117. The van der Waals surface area contributed by atoms with Crippen LogP contribution in [0.1, 0.15) is 30.9 Å². The van der Waals surface area contributed by atoms with Gasteiger partial charge in [0.2, 0.25) is 5.91 Å². The van der Waals surface area contributed by atoms with Gasteiger partial charge in [0.15, 0.2) is 9.49 Å². The minimum atomic E-state index is -0.0563. The molecular weight excluding hydrogens is 382 g/mol. The topological polar surface area (TPSA) is 61.2 Å². The van der Waals surface area contributed by atoms with Gasteiger partial charge in [-0.05, 0) is 36.6 Å². The minimum Gasteiger partial charge on any atom is -0.312 e. The summed E-state index contributed by atoms with van der Waals surface area (Å²) in [7, 11) is 0. The first-order chi connectivity index (χ1) is 13.1. The molecule has 5 heterocycles. The number of likely N-dealkylation sites (tertiary alicyclic amines) is 1. The van der Waals surface area contributed by atoms with E-state index in [0.29, 0.717) is 24.9 Å². The van der Waals surface area contributed by atoms with Crippen LogP contribution in [0.25, 0.3) is 0 Å². The molecule has 1 aromatic rings. The maximum atomic E-state index is 12.2. The van der Waals surface area contributed by atoms with E-state index in [1.807, 2.05) is 10.6 Å². The predicted octanol–water partition coefficient (Wildman–Crippen LogP) is 1.45. The standard InChI is InChI=1S/C18H21N5O2S2/c24-15-4-2-6-22-17(19-15)27-18(26)23(22)11-20-8-12-7-13(10-20)14-3-1-5-16(25)21(14)9-12/h1,3,5,12-13H,2,4,6-11H2. The van der Waals surface area contributed by atoms with E-state index >= 15 is 0 Å². The molecule has 0 saturated carbocycles. The summed E-state index contributed by atoms with van der Waals surface area (Å²) >= 11 is 6.99. The highest BCUT2D eigenvalue weighted by Crippen LogP contribution is 2.36. The van der Waals surface area contributed by atoms with Crippen LogP contribution in [0.5, 0.6) is 0 Å². The van der Waals surface area contributed by atoms with E-state index < -0.39 is 0 Å². The summed E-state index contributed by atoms with van der Waals surface area (Å²) in [4.78, 5) is 30.6. The molecule has 2 saturated heterocycles. The number of hydrogen-bond donors (Lipinski definition) is 0. The van der Waals surface area contributed by atoms with Crippen LogP contribution in [0.15, 0.2) is 28.0 Å². The molecule has 142 valence electrons. The Kier molecular flexibility index (Phi) is 4.33. The Labute approximate surface area is 167 Å². The van der Waals surface area contributed by atoms with Gasteiger partial charge in [-0.2, -0.15) is 4.99 Å². The first-order valence-electron chi connectivity index (χ1n) is 9.39. The third-order valence-electron chi connectivity index (χ3n) is 5.77. The van der Waals surface area contributed by atoms with Crippen LogP contribution in [0.2, 0.25) is 0 Å². The molecular formula is C18H21N5O2S2. The number of fused-ring (bicyclic) bond motifs is 5. The Morgan fingerprint density at radius 1 is 1.22 bits per heavy atom. The second-order valence-electron chi connectivity index (χ2n) is 7.66. The predicted molar refractivity (Wildman–Crippen MR) is 108 cm³/mol. The van der Waals surface area contributed by atoms with Gasteiger partial charge in [-0.3, -0.25) is 24.5 Å². The van der Waals surface area contributed by atoms with Crippen molar-refractivity contribution in [3.63, 3.8) is 0 Å². The molecule has 0 radical (unpaired) electrons. The number of pyridine rings is 1. The molecule has 7 nitrogen and oxygen atoms in total. The van der Waals surface area contributed by atoms with E-state index in [2.05, 4.69) is 26.0 Å². The number of thioether (sulfide) groups is 1. The number of thiocarbonyl (C=S) groups is 1. The van der Waals surface area contributed by atoms with Crippen LogP contribution < -0.4 is 5.56 Å². The number of amidine groups is 1. The zero-order chi connectivity index (χ0) is 18.5. The summed E-state index contributed by atoms with van der Waals surface area (Å²) in [6.07, 6.45) is 2.44. The molecule has 0 N–H and O–H groups in total. The Balaban J connectivity index is 1.35. The molecule has 5 rings (SSSR count). The van der Waals surface area contributed by atoms with E-state index in [1.54, 1.807) is 6.07 Å². The van der Waals surface area contributed by atoms with Crippen molar-refractivity contribution in [1.82, 2.24) is 19.5 Å². The summed E-state index contributed by atoms with van der Waals surface area (Å²) in [5.74, 6) is 0.812. The molecule has 2 atom stereocenters. The molecule has 2 unspecified atom stereocenters. The number of piperidine rings is 1. The first-order valence-corrected chi connectivity index (χ1v) is 10.6. The normalized spacial score (nSPS) is 27.9. The van der Waals surface area contributed by atoms with Crippen LogP contribution >= 0.6 is 24.0 Å². The fraction of sp³-hybridized carbons (Fsp3) is 0.556. The SMILES string of the molecule is O=C1CCCN2C(=N1)SC(=S)N2CN1CC2CC(C1)c1cccc(=O)n1C2. The van der Waals surface area contributed by atoms with Gasteiger partial charge in [-0.25, -0.2) is 0 Å². The van der Waals surface area contributed by atoms with Crippen LogP contribution in [0.3, 0.4) is 0 Å². The number of carbonyl (C=O) groups excluding carboxylic acids is 1. The third kappa shape index (κ3) is 3.11. The van der Waals surface area contributed by atoms with E-state index in [9.17, 15) is 9.59 Å². The van der Waals surface area contributed by atoms with Crippen molar-refractivity contribution in [1.29, 1.82) is 0 Å². The number of aliphatic imine (C=N–C) groups is 1. The number of amides is 1. The molecule has 27 heavy (non-hydrogen) atoms. The summed E-state index contributed by atoms with van der Waals surface area (Å²) < 4.78 is 2.72. The van der Waals surface area contributed by atoms with E-state index in [1.165, 1.54) is 11.8 Å².